The van der Waals surface area contributed by atoms with Crippen LogP contribution in [0.25, 0.3) is 0 Å². The zero-order valence-corrected chi connectivity index (χ0v) is 9.57. The number of nitrogens with zero attached hydrogens (tertiary/aromatic N) is 4. The Kier molecular flexibility index (Phi) is 3.34. The highest BCUT2D eigenvalue weighted by Crippen LogP contribution is 2.26. The highest BCUT2D eigenvalue weighted by Gasteiger charge is 2.02. The maximum absolute atomic E-state index is 5.20. The molecule has 0 amide bonds. The summed E-state index contributed by atoms with van der Waals surface area (Å²) in [5, 5.41) is 11.4. The summed E-state index contributed by atoms with van der Waals surface area (Å²) < 4.78 is 11.9. The minimum atomic E-state index is 0.667. The fourth-order valence-corrected chi connectivity index (χ4v) is 1.32. The minimum absolute atomic E-state index is 0.667. The molecular weight excluding hydrogens is 220 g/mol. The molecule has 6 nitrogen and oxygen atoms in total. The van der Waals surface area contributed by atoms with E-state index in [-0.39, 0.29) is 0 Å². The lowest BCUT2D eigenvalue weighted by molar-refractivity contribution is 0.355. The summed E-state index contributed by atoms with van der Waals surface area (Å²) in [6.07, 6.45) is 4.71. The number of benzene rings is 1. The highest BCUT2D eigenvalue weighted by molar-refractivity contribution is 5.80. The van der Waals surface area contributed by atoms with E-state index in [4.69, 9.17) is 9.47 Å². The molecule has 0 aliphatic heterocycles. The van der Waals surface area contributed by atoms with Gasteiger partial charge < -0.3 is 9.47 Å². The second-order valence-corrected chi connectivity index (χ2v) is 3.20. The first-order chi connectivity index (χ1) is 8.33. The first-order valence-electron chi connectivity index (χ1n) is 4.94. The largest absolute Gasteiger partial charge is 0.493 e. The molecule has 0 aliphatic carbocycles. The fraction of sp³-hybridized carbons (Fsp3) is 0.182. The number of hydrogen-bond donors (Lipinski definition) is 0. The van der Waals surface area contributed by atoms with Gasteiger partial charge in [0.25, 0.3) is 0 Å². The molecule has 2 rings (SSSR count). The van der Waals surface area contributed by atoms with Crippen LogP contribution in [0.1, 0.15) is 5.56 Å². The topological polar surface area (TPSA) is 61.5 Å². The van der Waals surface area contributed by atoms with Crippen LogP contribution in [0.4, 0.5) is 0 Å². The van der Waals surface area contributed by atoms with Crippen molar-refractivity contribution in [2.75, 3.05) is 14.2 Å². The molecule has 0 fully saturated rings. The first-order valence-corrected chi connectivity index (χ1v) is 4.94. The van der Waals surface area contributed by atoms with Crippen LogP contribution in [0.2, 0.25) is 0 Å². The molecule has 0 atom stereocenters. The molecule has 0 unspecified atom stereocenters. The average molecular weight is 232 g/mol. The molecule has 0 saturated heterocycles. The smallest absolute Gasteiger partial charge is 0.161 e. The zero-order chi connectivity index (χ0) is 12.1. The standard InChI is InChI=1S/C11H12N4O2/c1-16-10-4-3-9(5-11(10)17-2)6-14-15-7-12-13-8-15/h3-8H,1-2H3. The Balaban J connectivity index is 2.22. The van der Waals surface area contributed by atoms with Gasteiger partial charge >= 0.3 is 0 Å². The van der Waals surface area contributed by atoms with Crippen LogP contribution in [-0.2, 0) is 0 Å². The lowest BCUT2D eigenvalue weighted by atomic mass is 10.2. The Morgan fingerprint density at radius 2 is 1.82 bits per heavy atom. The van der Waals surface area contributed by atoms with Crippen LogP contribution in [0.3, 0.4) is 0 Å². The normalized spacial score (nSPS) is 10.7. The number of hydrogen-bond acceptors (Lipinski definition) is 5. The van der Waals surface area contributed by atoms with Gasteiger partial charge in [-0.3, -0.25) is 0 Å². The van der Waals surface area contributed by atoms with Gasteiger partial charge in [0.05, 0.1) is 20.4 Å². The van der Waals surface area contributed by atoms with Crippen LogP contribution in [0.15, 0.2) is 36.0 Å². The summed E-state index contributed by atoms with van der Waals surface area (Å²) in [6, 6.07) is 5.55. The zero-order valence-electron chi connectivity index (χ0n) is 9.57. The molecule has 1 aromatic carbocycles. The van der Waals surface area contributed by atoms with Gasteiger partial charge in [0.15, 0.2) is 11.5 Å². The molecule has 1 heterocycles. The maximum atomic E-state index is 5.20. The van der Waals surface area contributed by atoms with E-state index in [1.54, 1.807) is 20.4 Å². The Labute approximate surface area is 98.5 Å². The molecule has 0 aliphatic rings. The third kappa shape index (κ3) is 2.60. The van der Waals surface area contributed by atoms with Gasteiger partial charge in [-0.05, 0) is 23.8 Å². The van der Waals surface area contributed by atoms with Gasteiger partial charge in [-0.2, -0.15) is 5.10 Å². The highest BCUT2D eigenvalue weighted by atomic mass is 16.5. The number of methoxy groups -OCH3 is 2. The number of ether oxygens (including phenoxy) is 2. The van der Waals surface area contributed by atoms with E-state index in [1.165, 1.54) is 17.3 Å². The summed E-state index contributed by atoms with van der Waals surface area (Å²) in [7, 11) is 3.20. The second kappa shape index (κ2) is 5.11. The SMILES string of the molecule is COc1ccc(C=Nn2cnnc2)cc1OC. The maximum Gasteiger partial charge on any atom is 0.161 e. The third-order valence-corrected chi connectivity index (χ3v) is 2.15. The lowest BCUT2D eigenvalue weighted by Crippen LogP contribution is -1.93. The monoisotopic (exact) mass is 232 g/mol. The van der Waals surface area contributed by atoms with Crippen molar-refractivity contribution in [3.05, 3.63) is 36.4 Å². The van der Waals surface area contributed by atoms with E-state index in [9.17, 15) is 0 Å². The van der Waals surface area contributed by atoms with Crippen LogP contribution in [0.5, 0.6) is 11.5 Å². The molecule has 6 heteroatoms. The summed E-state index contributed by atoms with van der Waals surface area (Å²) in [5.41, 5.74) is 0.899. The summed E-state index contributed by atoms with van der Waals surface area (Å²) >= 11 is 0. The van der Waals surface area contributed by atoms with E-state index in [0.717, 1.165) is 5.56 Å². The predicted octanol–water partition coefficient (Wildman–Crippen LogP) is 1.18. The summed E-state index contributed by atoms with van der Waals surface area (Å²) in [6.45, 7) is 0. The Bertz CT molecular complexity index is 508. The van der Waals surface area contributed by atoms with E-state index in [2.05, 4.69) is 15.3 Å². The average Bonchev–Trinajstić information content (AvgIpc) is 2.89. The molecule has 17 heavy (non-hydrogen) atoms. The van der Waals surface area contributed by atoms with Crippen molar-refractivity contribution in [2.24, 2.45) is 5.10 Å². The van der Waals surface area contributed by atoms with Crippen molar-refractivity contribution in [3.8, 4) is 11.5 Å². The predicted molar refractivity (Wildman–Crippen MR) is 62.6 cm³/mol. The third-order valence-electron chi connectivity index (χ3n) is 2.15. The van der Waals surface area contributed by atoms with Crippen LogP contribution >= 0.6 is 0 Å². The minimum Gasteiger partial charge on any atom is -0.493 e. The summed E-state index contributed by atoms with van der Waals surface area (Å²) in [5.74, 6) is 1.36. The molecule has 0 spiro atoms. The Morgan fingerprint density at radius 1 is 1.12 bits per heavy atom. The quantitative estimate of drug-likeness (QED) is 0.742. The van der Waals surface area contributed by atoms with Crippen molar-refractivity contribution in [2.45, 2.75) is 0 Å². The first kappa shape index (κ1) is 11.1. The van der Waals surface area contributed by atoms with Gasteiger partial charge in [0, 0.05) is 0 Å². The number of rotatable bonds is 4. The van der Waals surface area contributed by atoms with Gasteiger partial charge in [-0.1, -0.05) is 0 Å². The van der Waals surface area contributed by atoms with Crippen LogP contribution in [-0.4, -0.2) is 35.3 Å². The van der Waals surface area contributed by atoms with Gasteiger partial charge in [0.1, 0.15) is 12.7 Å². The Hall–Kier alpha value is -2.37. The van der Waals surface area contributed by atoms with Crippen molar-refractivity contribution >= 4 is 6.21 Å². The van der Waals surface area contributed by atoms with E-state index in [0.29, 0.717) is 11.5 Å². The van der Waals surface area contributed by atoms with Crippen molar-refractivity contribution in [3.63, 3.8) is 0 Å². The molecule has 2 aromatic rings. The lowest BCUT2D eigenvalue weighted by Gasteiger charge is -2.07. The molecule has 0 N–H and O–H groups in total. The molecular formula is C11H12N4O2. The molecule has 1 aromatic heterocycles. The van der Waals surface area contributed by atoms with Crippen molar-refractivity contribution in [1.82, 2.24) is 14.9 Å². The van der Waals surface area contributed by atoms with Crippen molar-refractivity contribution < 1.29 is 9.47 Å². The van der Waals surface area contributed by atoms with Crippen molar-refractivity contribution in [1.29, 1.82) is 0 Å². The van der Waals surface area contributed by atoms with Gasteiger partial charge in [-0.25, -0.2) is 4.68 Å². The second-order valence-electron chi connectivity index (χ2n) is 3.20. The van der Waals surface area contributed by atoms with Crippen LogP contribution in [0, 0.1) is 0 Å². The van der Waals surface area contributed by atoms with E-state index < -0.39 is 0 Å². The fourth-order valence-electron chi connectivity index (χ4n) is 1.32. The number of aromatic nitrogens is 3. The molecule has 0 radical (unpaired) electrons. The van der Waals surface area contributed by atoms with Gasteiger partial charge in [0.2, 0.25) is 0 Å². The van der Waals surface area contributed by atoms with E-state index in [1.807, 2.05) is 18.2 Å². The van der Waals surface area contributed by atoms with Gasteiger partial charge in [-0.15, -0.1) is 10.2 Å². The Morgan fingerprint density at radius 3 is 2.47 bits per heavy atom. The molecule has 88 valence electrons. The summed E-state index contributed by atoms with van der Waals surface area (Å²) in [4.78, 5) is 0. The molecule has 0 bridgehead atoms. The molecule has 0 saturated carbocycles. The van der Waals surface area contributed by atoms with E-state index >= 15 is 0 Å². The van der Waals surface area contributed by atoms with Crippen LogP contribution < -0.4 is 9.47 Å².